The Morgan fingerprint density at radius 1 is 1.00 bits per heavy atom. The fourth-order valence-electron chi connectivity index (χ4n) is 3.42. The van der Waals surface area contributed by atoms with E-state index in [4.69, 9.17) is 0 Å². The zero-order chi connectivity index (χ0) is 22.0. The number of hydrogen-bond acceptors (Lipinski definition) is 4. The van der Waals surface area contributed by atoms with E-state index in [0.29, 0.717) is 12.1 Å². The molecule has 9 heteroatoms. The Hall–Kier alpha value is -2.54. The molecule has 1 aromatic heterocycles. The molecule has 7 nitrogen and oxygen atoms in total. The highest BCUT2D eigenvalue weighted by atomic mass is 127. The van der Waals surface area contributed by atoms with Crippen molar-refractivity contribution in [3.63, 3.8) is 0 Å². The number of hydrazone groups is 1. The quantitative estimate of drug-likeness (QED) is 0.132. The first-order valence-corrected chi connectivity index (χ1v) is 11.5. The third-order valence-corrected chi connectivity index (χ3v) is 6.20. The first kappa shape index (κ1) is 21.7. The van der Waals surface area contributed by atoms with Gasteiger partial charge in [0.05, 0.1) is 11.1 Å². The standard InChI is InChI=1S/C22H16I2N4O3/c23-15-3-7-20-18(11-15)19-12-16(24)4-8-21(19)27(20)10-9-22(29)26-25-13-14-1-5-17(6-2-14)28(30)31/h1-8,11-13H,9-10H2,(H,26,29)/b25-13-. The summed E-state index contributed by atoms with van der Waals surface area (Å²) >= 11 is 4.62. The van der Waals surface area contributed by atoms with Crippen LogP contribution in [0.3, 0.4) is 0 Å². The number of nitrogens with zero attached hydrogens (tertiary/aromatic N) is 3. The number of non-ortho nitro benzene ring substituents is 1. The van der Waals surface area contributed by atoms with E-state index < -0.39 is 4.92 Å². The van der Waals surface area contributed by atoms with Crippen molar-refractivity contribution in [1.82, 2.24) is 9.99 Å². The fourth-order valence-corrected chi connectivity index (χ4v) is 4.40. The van der Waals surface area contributed by atoms with E-state index in [-0.39, 0.29) is 18.0 Å². The second-order valence-corrected chi connectivity index (χ2v) is 9.36. The molecule has 0 radical (unpaired) electrons. The number of nitrogens with one attached hydrogen (secondary N) is 1. The molecule has 0 fully saturated rings. The molecule has 0 unspecified atom stereocenters. The predicted molar refractivity (Wildman–Crippen MR) is 138 cm³/mol. The molecule has 0 atom stereocenters. The number of benzene rings is 3. The van der Waals surface area contributed by atoms with E-state index in [0.717, 1.165) is 11.0 Å². The van der Waals surface area contributed by atoms with Crippen LogP contribution in [0.2, 0.25) is 0 Å². The van der Waals surface area contributed by atoms with Gasteiger partial charge in [-0.2, -0.15) is 5.10 Å². The number of aryl methyl sites for hydroxylation is 1. The summed E-state index contributed by atoms with van der Waals surface area (Å²) in [6, 6.07) is 18.6. The maximum atomic E-state index is 12.3. The van der Waals surface area contributed by atoms with Crippen LogP contribution in [0.25, 0.3) is 21.8 Å². The van der Waals surface area contributed by atoms with Crippen LogP contribution in [0, 0.1) is 17.3 Å². The molecule has 0 saturated carbocycles. The number of carbonyl (C=O) groups excluding carboxylic acids is 1. The van der Waals surface area contributed by atoms with Crippen molar-refractivity contribution in [1.29, 1.82) is 0 Å². The fraction of sp³-hybridized carbons (Fsp3) is 0.0909. The lowest BCUT2D eigenvalue weighted by Gasteiger charge is -2.07. The number of hydrogen-bond donors (Lipinski definition) is 1. The van der Waals surface area contributed by atoms with Gasteiger partial charge in [0.2, 0.25) is 5.91 Å². The molecule has 31 heavy (non-hydrogen) atoms. The van der Waals surface area contributed by atoms with Crippen molar-refractivity contribution < 1.29 is 9.72 Å². The Morgan fingerprint density at radius 2 is 1.58 bits per heavy atom. The van der Waals surface area contributed by atoms with Crippen LogP contribution in [0.4, 0.5) is 5.69 Å². The summed E-state index contributed by atoms with van der Waals surface area (Å²) in [5.41, 5.74) is 5.40. The maximum Gasteiger partial charge on any atom is 0.269 e. The molecule has 0 spiro atoms. The summed E-state index contributed by atoms with van der Waals surface area (Å²) in [5, 5.41) is 17.0. The minimum absolute atomic E-state index is 0.0109. The van der Waals surface area contributed by atoms with Gasteiger partial charge in [-0.25, -0.2) is 5.43 Å². The monoisotopic (exact) mass is 638 g/mol. The van der Waals surface area contributed by atoms with Crippen molar-refractivity contribution in [3.05, 3.63) is 83.5 Å². The molecule has 0 aliphatic rings. The molecule has 0 bridgehead atoms. The van der Waals surface area contributed by atoms with Gasteiger partial charge in [0, 0.05) is 54.0 Å². The van der Waals surface area contributed by atoms with Crippen molar-refractivity contribution >= 4 is 84.8 Å². The number of rotatable bonds is 6. The van der Waals surface area contributed by atoms with Gasteiger partial charge < -0.3 is 4.57 Å². The minimum Gasteiger partial charge on any atom is -0.340 e. The molecule has 4 aromatic rings. The number of fused-ring (bicyclic) bond motifs is 3. The Labute approximate surface area is 204 Å². The molecule has 4 rings (SSSR count). The Balaban J connectivity index is 1.47. The summed E-state index contributed by atoms with van der Waals surface area (Å²) in [5.74, 6) is -0.204. The number of halogens is 2. The third kappa shape index (κ3) is 4.87. The van der Waals surface area contributed by atoms with E-state index in [1.54, 1.807) is 12.1 Å². The lowest BCUT2D eigenvalue weighted by molar-refractivity contribution is -0.384. The highest BCUT2D eigenvalue weighted by molar-refractivity contribution is 14.1. The summed E-state index contributed by atoms with van der Waals surface area (Å²) in [7, 11) is 0. The van der Waals surface area contributed by atoms with Gasteiger partial charge in [-0.3, -0.25) is 14.9 Å². The molecule has 1 amide bonds. The normalized spacial score (nSPS) is 11.4. The van der Waals surface area contributed by atoms with Gasteiger partial charge in [-0.15, -0.1) is 0 Å². The minimum atomic E-state index is -0.459. The van der Waals surface area contributed by atoms with Gasteiger partial charge in [-0.05, 0) is 99.3 Å². The van der Waals surface area contributed by atoms with E-state index in [1.807, 2.05) is 0 Å². The van der Waals surface area contributed by atoms with Crippen LogP contribution < -0.4 is 5.43 Å². The van der Waals surface area contributed by atoms with E-state index in [2.05, 4.69) is 96.7 Å². The van der Waals surface area contributed by atoms with Crippen molar-refractivity contribution in [2.24, 2.45) is 5.10 Å². The lowest BCUT2D eigenvalue weighted by Crippen LogP contribution is -2.19. The van der Waals surface area contributed by atoms with Crippen LogP contribution in [0.15, 0.2) is 65.8 Å². The molecule has 0 aliphatic heterocycles. The van der Waals surface area contributed by atoms with Crippen molar-refractivity contribution in [3.8, 4) is 0 Å². The molecule has 3 aromatic carbocycles. The van der Waals surface area contributed by atoms with Crippen LogP contribution >= 0.6 is 45.2 Å². The molecule has 156 valence electrons. The zero-order valence-electron chi connectivity index (χ0n) is 16.1. The van der Waals surface area contributed by atoms with E-state index >= 15 is 0 Å². The summed E-state index contributed by atoms with van der Waals surface area (Å²) in [6.07, 6.45) is 1.74. The average Bonchev–Trinajstić information content (AvgIpc) is 3.04. The first-order valence-electron chi connectivity index (χ1n) is 9.36. The molecular formula is C22H16I2N4O3. The van der Waals surface area contributed by atoms with Gasteiger partial charge in [0.15, 0.2) is 0 Å². The largest absolute Gasteiger partial charge is 0.340 e. The van der Waals surface area contributed by atoms with Crippen molar-refractivity contribution in [2.75, 3.05) is 0 Å². The highest BCUT2D eigenvalue weighted by Crippen LogP contribution is 2.31. The Kier molecular flexibility index (Phi) is 6.51. The lowest BCUT2D eigenvalue weighted by atomic mass is 10.2. The summed E-state index contributed by atoms with van der Waals surface area (Å²) in [4.78, 5) is 22.6. The zero-order valence-corrected chi connectivity index (χ0v) is 20.4. The maximum absolute atomic E-state index is 12.3. The number of carbonyl (C=O) groups is 1. The van der Waals surface area contributed by atoms with Crippen LogP contribution in [0.5, 0.6) is 0 Å². The predicted octanol–water partition coefficient (Wildman–Crippen LogP) is 5.45. The van der Waals surface area contributed by atoms with Gasteiger partial charge in [-0.1, -0.05) is 0 Å². The number of amides is 1. The molecular weight excluding hydrogens is 622 g/mol. The van der Waals surface area contributed by atoms with Crippen LogP contribution in [-0.4, -0.2) is 21.6 Å². The SMILES string of the molecule is O=C(CCn1c2ccc(I)cc2c2cc(I)ccc21)N/N=C\c1ccc([N+](=O)[O-])cc1. The van der Waals surface area contributed by atoms with Crippen LogP contribution in [0.1, 0.15) is 12.0 Å². The van der Waals surface area contributed by atoms with Gasteiger partial charge in [0.25, 0.3) is 5.69 Å². The topological polar surface area (TPSA) is 89.5 Å². The summed E-state index contributed by atoms with van der Waals surface area (Å²) < 4.78 is 4.50. The highest BCUT2D eigenvalue weighted by Gasteiger charge is 2.12. The third-order valence-electron chi connectivity index (χ3n) is 4.86. The second-order valence-electron chi connectivity index (χ2n) is 6.87. The number of nitro benzene ring substituents is 1. The van der Waals surface area contributed by atoms with Gasteiger partial charge >= 0.3 is 0 Å². The Morgan fingerprint density at radius 3 is 2.13 bits per heavy atom. The number of nitro groups is 1. The molecule has 0 aliphatic carbocycles. The van der Waals surface area contributed by atoms with Crippen molar-refractivity contribution in [2.45, 2.75) is 13.0 Å². The molecule has 1 heterocycles. The number of aromatic nitrogens is 1. The van der Waals surface area contributed by atoms with E-state index in [9.17, 15) is 14.9 Å². The first-order chi connectivity index (χ1) is 14.9. The average molecular weight is 638 g/mol. The molecule has 1 N–H and O–H groups in total. The summed E-state index contributed by atoms with van der Waals surface area (Å²) in [6.45, 7) is 0.528. The van der Waals surface area contributed by atoms with E-state index in [1.165, 1.54) is 36.3 Å². The van der Waals surface area contributed by atoms with Gasteiger partial charge in [0.1, 0.15) is 0 Å². The second kappa shape index (κ2) is 9.30. The molecule has 0 saturated heterocycles. The van der Waals surface area contributed by atoms with Crippen LogP contribution in [-0.2, 0) is 11.3 Å². The smallest absolute Gasteiger partial charge is 0.269 e. The Bertz CT molecular complexity index is 1270.